The van der Waals surface area contributed by atoms with Crippen LogP contribution >= 0.6 is 11.6 Å². The van der Waals surface area contributed by atoms with Gasteiger partial charge in [0.1, 0.15) is 12.4 Å². The van der Waals surface area contributed by atoms with Gasteiger partial charge in [0, 0.05) is 16.5 Å². The molecule has 1 aromatic heterocycles. The predicted octanol–water partition coefficient (Wildman–Crippen LogP) is 3.79. The van der Waals surface area contributed by atoms with Crippen LogP contribution < -0.4 is 5.73 Å². The Labute approximate surface area is 147 Å². The summed E-state index contributed by atoms with van der Waals surface area (Å²) in [6, 6.07) is 9.58. The number of nitrogens with zero attached hydrogens (tertiary/aromatic N) is 2. The molecule has 1 aromatic carbocycles. The van der Waals surface area contributed by atoms with Crippen LogP contribution in [0.2, 0.25) is 5.02 Å². The lowest BCUT2D eigenvalue weighted by atomic mass is 9.76. The average Bonchev–Trinajstić information content (AvgIpc) is 2.89. The van der Waals surface area contributed by atoms with Crippen molar-refractivity contribution >= 4 is 23.4 Å². The fourth-order valence-electron chi connectivity index (χ4n) is 2.97. The van der Waals surface area contributed by atoms with E-state index in [9.17, 15) is 4.79 Å². The van der Waals surface area contributed by atoms with Crippen molar-refractivity contribution in [2.24, 2.45) is 0 Å². The predicted molar refractivity (Wildman–Crippen MR) is 96.1 cm³/mol. The van der Waals surface area contributed by atoms with Crippen LogP contribution in [0.3, 0.4) is 0 Å². The van der Waals surface area contributed by atoms with Crippen molar-refractivity contribution in [3.63, 3.8) is 0 Å². The molecule has 0 radical (unpaired) electrons. The molecule has 0 aliphatic carbocycles. The molecule has 0 bridgehead atoms. The van der Waals surface area contributed by atoms with Crippen LogP contribution in [0.25, 0.3) is 0 Å². The highest BCUT2D eigenvalue weighted by Crippen LogP contribution is 2.39. The lowest BCUT2D eigenvalue weighted by Crippen LogP contribution is -2.25. The van der Waals surface area contributed by atoms with Crippen molar-refractivity contribution < 1.29 is 9.53 Å². The van der Waals surface area contributed by atoms with E-state index in [1.54, 1.807) is 6.92 Å². The van der Waals surface area contributed by atoms with Crippen LogP contribution in [-0.4, -0.2) is 22.4 Å². The van der Waals surface area contributed by atoms with E-state index in [-0.39, 0.29) is 17.9 Å². The van der Waals surface area contributed by atoms with E-state index in [2.05, 4.69) is 18.9 Å². The second kappa shape index (κ2) is 7.71. The van der Waals surface area contributed by atoms with Gasteiger partial charge in [-0.1, -0.05) is 43.1 Å². The quantitative estimate of drug-likeness (QED) is 0.772. The largest absolute Gasteiger partial charge is 0.465 e. The fraction of sp³-hybridized carbons (Fsp3) is 0.444. The molecule has 0 fully saturated rings. The van der Waals surface area contributed by atoms with Gasteiger partial charge < -0.3 is 10.5 Å². The average molecular weight is 350 g/mol. The Hall–Kier alpha value is -2.01. The number of hydrogen-bond acceptors (Lipinski definition) is 4. The van der Waals surface area contributed by atoms with Gasteiger partial charge >= 0.3 is 5.97 Å². The summed E-state index contributed by atoms with van der Waals surface area (Å²) in [6.45, 7) is 6.33. The SMILES string of the molecule is CCCC(C)(c1cc(N)n(CC(=O)OCC)n1)c1ccccc1Cl. The Morgan fingerprint density at radius 1 is 1.38 bits per heavy atom. The van der Waals surface area contributed by atoms with Crippen molar-refractivity contribution in [2.75, 3.05) is 12.3 Å². The van der Waals surface area contributed by atoms with E-state index in [1.165, 1.54) is 4.68 Å². The lowest BCUT2D eigenvalue weighted by Gasteiger charge is -2.29. The first-order valence-electron chi connectivity index (χ1n) is 8.16. The number of halogens is 1. The molecule has 0 aliphatic rings. The number of hydrogen-bond donors (Lipinski definition) is 1. The zero-order valence-electron chi connectivity index (χ0n) is 14.4. The molecule has 0 spiro atoms. The molecule has 2 aromatic rings. The molecule has 0 saturated heterocycles. The van der Waals surface area contributed by atoms with E-state index < -0.39 is 0 Å². The summed E-state index contributed by atoms with van der Waals surface area (Å²) in [7, 11) is 0. The molecule has 2 rings (SSSR count). The number of ether oxygens (including phenoxy) is 1. The number of rotatable bonds is 7. The summed E-state index contributed by atoms with van der Waals surface area (Å²) in [5.41, 5.74) is 7.49. The lowest BCUT2D eigenvalue weighted by molar-refractivity contribution is -0.144. The Bertz CT molecular complexity index is 714. The maximum absolute atomic E-state index is 11.7. The van der Waals surface area contributed by atoms with Gasteiger partial charge in [0.25, 0.3) is 0 Å². The molecule has 2 N–H and O–H groups in total. The number of anilines is 1. The van der Waals surface area contributed by atoms with Gasteiger partial charge in [0.2, 0.25) is 0 Å². The van der Waals surface area contributed by atoms with Crippen molar-refractivity contribution in [3.05, 3.63) is 46.6 Å². The van der Waals surface area contributed by atoms with Crippen LogP contribution in [0.15, 0.2) is 30.3 Å². The molecular weight excluding hydrogens is 326 g/mol. The summed E-state index contributed by atoms with van der Waals surface area (Å²) >= 11 is 6.43. The molecule has 1 atom stereocenters. The van der Waals surface area contributed by atoms with Gasteiger partial charge in [-0.3, -0.25) is 4.79 Å². The van der Waals surface area contributed by atoms with Crippen molar-refractivity contribution in [1.82, 2.24) is 9.78 Å². The smallest absolute Gasteiger partial charge is 0.327 e. The first-order chi connectivity index (χ1) is 11.4. The fourth-order valence-corrected chi connectivity index (χ4v) is 3.31. The number of carbonyl (C=O) groups excluding carboxylic acids is 1. The Balaban J connectivity index is 2.42. The van der Waals surface area contributed by atoms with Crippen LogP contribution in [0.1, 0.15) is 44.9 Å². The molecule has 1 heterocycles. The number of nitrogens with two attached hydrogens (primary N) is 1. The highest BCUT2D eigenvalue weighted by atomic mass is 35.5. The minimum absolute atomic E-state index is 0.00437. The number of benzene rings is 1. The summed E-state index contributed by atoms with van der Waals surface area (Å²) in [5.74, 6) is 0.0845. The van der Waals surface area contributed by atoms with Crippen molar-refractivity contribution in [3.8, 4) is 0 Å². The van der Waals surface area contributed by atoms with E-state index in [4.69, 9.17) is 22.1 Å². The van der Waals surface area contributed by atoms with E-state index >= 15 is 0 Å². The van der Waals surface area contributed by atoms with Gasteiger partial charge in [-0.2, -0.15) is 5.10 Å². The summed E-state index contributed by atoms with van der Waals surface area (Å²) in [6.07, 6.45) is 1.83. The molecule has 0 amide bonds. The number of nitrogen functional groups attached to an aromatic ring is 1. The van der Waals surface area contributed by atoms with Gasteiger partial charge in [-0.15, -0.1) is 0 Å². The summed E-state index contributed by atoms with van der Waals surface area (Å²) < 4.78 is 6.45. The third-order valence-electron chi connectivity index (χ3n) is 4.18. The minimum Gasteiger partial charge on any atom is -0.465 e. The third-order valence-corrected chi connectivity index (χ3v) is 4.51. The minimum atomic E-state index is -0.374. The first-order valence-corrected chi connectivity index (χ1v) is 8.54. The zero-order valence-corrected chi connectivity index (χ0v) is 15.1. The van der Waals surface area contributed by atoms with E-state index in [1.807, 2.05) is 30.3 Å². The molecule has 130 valence electrons. The van der Waals surface area contributed by atoms with Crippen LogP contribution in [0.5, 0.6) is 0 Å². The highest BCUT2D eigenvalue weighted by Gasteiger charge is 2.33. The maximum atomic E-state index is 11.7. The molecule has 0 saturated carbocycles. The monoisotopic (exact) mass is 349 g/mol. The van der Waals surface area contributed by atoms with Gasteiger partial charge in [-0.25, -0.2) is 4.68 Å². The van der Waals surface area contributed by atoms with Crippen LogP contribution in [0, 0.1) is 0 Å². The molecular formula is C18H24ClN3O2. The van der Waals surface area contributed by atoms with Gasteiger partial charge in [0.15, 0.2) is 0 Å². The van der Waals surface area contributed by atoms with E-state index in [0.717, 1.165) is 24.1 Å². The summed E-state index contributed by atoms with van der Waals surface area (Å²) in [4.78, 5) is 11.7. The van der Waals surface area contributed by atoms with Crippen LogP contribution in [-0.2, 0) is 21.5 Å². The number of esters is 1. The Kier molecular flexibility index (Phi) is 5.89. The maximum Gasteiger partial charge on any atom is 0.327 e. The third kappa shape index (κ3) is 3.73. The van der Waals surface area contributed by atoms with Crippen molar-refractivity contribution in [2.45, 2.75) is 45.6 Å². The molecule has 0 aliphatic heterocycles. The number of aromatic nitrogens is 2. The molecule has 6 heteroatoms. The number of carbonyl (C=O) groups is 1. The first kappa shape index (κ1) is 18.3. The molecule has 24 heavy (non-hydrogen) atoms. The Morgan fingerprint density at radius 3 is 2.71 bits per heavy atom. The zero-order chi connectivity index (χ0) is 17.7. The van der Waals surface area contributed by atoms with Crippen molar-refractivity contribution in [1.29, 1.82) is 0 Å². The van der Waals surface area contributed by atoms with E-state index in [0.29, 0.717) is 17.4 Å². The van der Waals surface area contributed by atoms with Crippen LogP contribution in [0.4, 0.5) is 5.82 Å². The molecule has 5 nitrogen and oxygen atoms in total. The normalized spacial score (nSPS) is 13.5. The highest BCUT2D eigenvalue weighted by molar-refractivity contribution is 6.31. The second-order valence-electron chi connectivity index (χ2n) is 5.98. The standard InChI is InChI=1S/C18H24ClN3O2/c1-4-10-18(3,13-8-6-7-9-14(13)19)15-11-16(20)22(21-15)12-17(23)24-5-2/h6-9,11H,4-5,10,12,20H2,1-3H3. The second-order valence-corrected chi connectivity index (χ2v) is 6.39. The van der Waals surface area contributed by atoms with Gasteiger partial charge in [0.05, 0.1) is 12.3 Å². The van der Waals surface area contributed by atoms with Gasteiger partial charge in [-0.05, 0) is 31.9 Å². The Morgan fingerprint density at radius 2 is 2.08 bits per heavy atom. The summed E-state index contributed by atoms with van der Waals surface area (Å²) in [5, 5.41) is 5.27. The molecule has 1 unspecified atom stereocenters. The topological polar surface area (TPSA) is 70.1 Å².